The standard InChI is InChI=1S/C21H23N3O2S/c1-14-8-9-18(26-14)21-23-15(2)19(27-21)20(25)22-12-16-10-11-24(13-16)17-6-4-3-5-7-17/h3-9,16H,10-13H2,1-2H3,(H,22,25)/t16-/m1/s1. The van der Waals surface area contributed by atoms with Gasteiger partial charge in [0.1, 0.15) is 10.6 Å². The number of carbonyl (C=O) groups excluding carboxylic acids is 1. The Kier molecular flexibility index (Phi) is 4.99. The van der Waals surface area contributed by atoms with E-state index >= 15 is 0 Å². The third-order valence-electron chi connectivity index (χ3n) is 4.91. The third kappa shape index (κ3) is 3.90. The predicted octanol–water partition coefficient (Wildman–Crippen LogP) is 4.28. The lowest BCUT2D eigenvalue weighted by atomic mass is 10.1. The SMILES string of the molecule is Cc1ccc(-c2nc(C)c(C(=O)NC[C@H]3CCN(c4ccccc4)C3)s2)o1. The van der Waals surface area contributed by atoms with E-state index in [1.807, 2.05) is 32.0 Å². The predicted molar refractivity (Wildman–Crippen MR) is 108 cm³/mol. The number of furan rings is 1. The average Bonchev–Trinajstić information content (AvgIpc) is 3.40. The number of hydrogen-bond donors (Lipinski definition) is 1. The molecule has 1 atom stereocenters. The van der Waals surface area contributed by atoms with Crippen LogP contribution >= 0.6 is 11.3 Å². The Morgan fingerprint density at radius 1 is 1.26 bits per heavy atom. The zero-order valence-electron chi connectivity index (χ0n) is 15.6. The topological polar surface area (TPSA) is 58.4 Å². The first-order valence-electron chi connectivity index (χ1n) is 9.22. The summed E-state index contributed by atoms with van der Waals surface area (Å²) in [6.45, 7) is 6.47. The summed E-state index contributed by atoms with van der Waals surface area (Å²) >= 11 is 1.39. The fourth-order valence-electron chi connectivity index (χ4n) is 3.45. The quantitative estimate of drug-likeness (QED) is 0.717. The van der Waals surface area contributed by atoms with Crippen LogP contribution in [0.1, 0.15) is 27.5 Å². The highest BCUT2D eigenvalue weighted by atomic mass is 32.1. The molecule has 27 heavy (non-hydrogen) atoms. The van der Waals surface area contributed by atoms with E-state index in [0.717, 1.165) is 36.0 Å². The van der Waals surface area contributed by atoms with Crippen molar-refractivity contribution in [1.82, 2.24) is 10.3 Å². The van der Waals surface area contributed by atoms with Crippen molar-refractivity contribution in [3.8, 4) is 10.8 Å². The van der Waals surface area contributed by atoms with Crippen molar-refractivity contribution in [2.45, 2.75) is 20.3 Å². The molecule has 1 aliphatic rings. The van der Waals surface area contributed by atoms with Crippen molar-refractivity contribution in [1.29, 1.82) is 0 Å². The van der Waals surface area contributed by atoms with Gasteiger partial charge in [-0.15, -0.1) is 11.3 Å². The van der Waals surface area contributed by atoms with E-state index in [9.17, 15) is 4.79 Å². The van der Waals surface area contributed by atoms with Crippen LogP contribution in [0.15, 0.2) is 46.9 Å². The molecule has 6 heteroatoms. The Hall–Kier alpha value is -2.60. The second-order valence-electron chi connectivity index (χ2n) is 6.99. The largest absolute Gasteiger partial charge is 0.459 e. The first-order chi connectivity index (χ1) is 13.1. The van der Waals surface area contributed by atoms with Gasteiger partial charge in [-0.25, -0.2) is 4.98 Å². The lowest BCUT2D eigenvalue weighted by molar-refractivity contribution is 0.0951. The number of nitrogens with zero attached hydrogens (tertiary/aromatic N) is 2. The lowest BCUT2D eigenvalue weighted by Crippen LogP contribution is -2.30. The van der Waals surface area contributed by atoms with Crippen LogP contribution in [0.3, 0.4) is 0 Å². The van der Waals surface area contributed by atoms with E-state index in [2.05, 4.69) is 39.5 Å². The molecule has 1 aromatic carbocycles. The molecule has 3 aromatic rings. The van der Waals surface area contributed by atoms with Gasteiger partial charge < -0.3 is 14.6 Å². The van der Waals surface area contributed by atoms with Gasteiger partial charge in [0, 0.05) is 25.3 Å². The summed E-state index contributed by atoms with van der Waals surface area (Å²) in [4.78, 5) is 20.2. The van der Waals surface area contributed by atoms with E-state index in [1.165, 1.54) is 17.0 Å². The van der Waals surface area contributed by atoms with E-state index in [0.29, 0.717) is 23.1 Å². The number of amides is 1. The van der Waals surface area contributed by atoms with Crippen LogP contribution in [-0.4, -0.2) is 30.5 Å². The molecule has 0 aliphatic carbocycles. The Morgan fingerprint density at radius 3 is 2.81 bits per heavy atom. The highest BCUT2D eigenvalue weighted by molar-refractivity contribution is 7.17. The zero-order chi connectivity index (χ0) is 18.8. The minimum atomic E-state index is -0.0438. The number of rotatable bonds is 5. The summed E-state index contributed by atoms with van der Waals surface area (Å²) < 4.78 is 5.62. The van der Waals surface area contributed by atoms with Gasteiger partial charge in [0.15, 0.2) is 10.8 Å². The van der Waals surface area contributed by atoms with E-state index in [1.54, 1.807) is 0 Å². The Bertz CT molecular complexity index is 932. The normalized spacial score (nSPS) is 16.7. The number of anilines is 1. The van der Waals surface area contributed by atoms with E-state index < -0.39 is 0 Å². The minimum Gasteiger partial charge on any atom is -0.459 e. The van der Waals surface area contributed by atoms with Crippen LogP contribution in [-0.2, 0) is 0 Å². The highest BCUT2D eigenvalue weighted by Gasteiger charge is 2.24. The first kappa shape index (κ1) is 17.8. The molecule has 0 spiro atoms. The molecule has 1 N–H and O–H groups in total. The molecule has 2 aromatic heterocycles. The summed E-state index contributed by atoms with van der Waals surface area (Å²) in [5.41, 5.74) is 2.00. The lowest BCUT2D eigenvalue weighted by Gasteiger charge is -2.18. The van der Waals surface area contributed by atoms with E-state index in [4.69, 9.17) is 4.42 Å². The van der Waals surface area contributed by atoms with Crippen molar-refractivity contribution >= 4 is 22.9 Å². The summed E-state index contributed by atoms with van der Waals surface area (Å²) in [5.74, 6) is 1.98. The molecule has 0 radical (unpaired) electrons. The average molecular weight is 382 g/mol. The number of nitrogens with one attached hydrogen (secondary N) is 1. The molecule has 3 heterocycles. The van der Waals surface area contributed by atoms with Crippen molar-refractivity contribution in [3.63, 3.8) is 0 Å². The third-order valence-corrected chi connectivity index (χ3v) is 6.08. The number of hydrogen-bond acceptors (Lipinski definition) is 5. The van der Waals surface area contributed by atoms with Gasteiger partial charge in [-0.2, -0.15) is 0 Å². The van der Waals surface area contributed by atoms with Crippen LogP contribution in [0.5, 0.6) is 0 Å². The second-order valence-corrected chi connectivity index (χ2v) is 7.99. The fraction of sp³-hybridized carbons (Fsp3) is 0.333. The molecule has 5 nitrogen and oxygen atoms in total. The Labute approximate surface area is 163 Å². The van der Waals surface area contributed by atoms with Gasteiger partial charge >= 0.3 is 0 Å². The van der Waals surface area contributed by atoms with Gasteiger partial charge in [-0.1, -0.05) is 18.2 Å². The molecule has 1 fully saturated rings. The van der Waals surface area contributed by atoms with Gasteiger partial charge in [0.05, 0.1) is 5.69 Å². The molecular formula is C21H23N3O2S. The van der Waals surface area contributed by atoms with Crippen LogP contribution in [0.2, 0.25) is 0 Å². The molecular weight excluding hydrogens is 358 g/mol. The number of aromatic nitrogens is 1. The summed E-state index contributed by atoms with van der Waals surface area (Å²) in [5, 5.41) is 3.85. The first-order valence-corrected chi connectivity index (χ1v) is 10.0. The number of para-hydroxylation sites is 1. The summed E-state index contributed by atoms with van der Waals surface area (Å²) in [7, 11) is 0. The summed E-state index contributed by atoms with van der Waals surface area (Å²) in [6.07, 6.45) is 1.09. The molecule has 0 bridgehead atoms. The molecule has 140 valence electrons. The van der Waals surface area contributed by atoms with Gasteiger partial charge in [-0.05, 0) is 50.5 Å². The smallest absolute Gasteiger partial charge is 0.263 e. The van der Waals surface area contributed by atoms with E-state index in [-0.39, 0.29) is 5.91 Å². The highest BCUT2D eigenvalue weighted by Crippen LogP contribution is 2.29. The maximum absolute atomic E-state index is 12.6. The van der Waals surface area contributed by atoms with Gasteiger partial charge in [0.25, 0.3) is 5.91 Å². The van der Waals surface area contributed by atoms with Crippen LogP contribution in [0.4, 0.5) is 5.69 Å². The maximum Gasteiger partial charge on any atom is 0.263 e. The second kappa shape index (κ2) is 7.56. The van der Waals surface area contributed by atoms with Crippen LogP contribution in [0.25, 0.3) is 10.8 Å². The number of benzene rings is 1. The van der Waals surface area contributed by atoms with Crippen molar-refractivity contribution in [3.05, 3.63) is 58.8 Å². The molecule has 0 saturated carbocycles. The monoisotopic (exact) mass is 381 g/mol. The zero-order valence-corrected chi connectivity index (χ0v) is 16.4. The minimum absolute atomic E-state index is 0.0438. The number of thiazole rings is 1. The molecule has 0 unspecified atom stereocenters. The van der Waals surface area contributed by atoms with Crippen molar-refractivity contribution in [2.24, 2.45) is 5.92 Å². The number of aryl methyl sites for hydroxylation is 2. The molecule has 1 saturated heterocycles. The van der Waals surface area contributed by atoms with Gasteiger partial charge in [0.2, 0.25) is 0 Å². The maximum atomic E-state index is 12.6. The molecule has 1 amide bonds. The number of carbonyl (C=O) groups is 1. The Morgan fingerprint density at radius 2 is 2.07 bits per heavy atom. The fourth-order valence-corrected chi connectivity index (χ4v) is 4.40. The molecule has 4 rings (SSSR count). The summed E-state index contributed by atoms with van der Waals surface area (Å²) in [6, 6.07) is 14.2. The Balaban J connectivity index is 1.35. The van der Waals surface area contributed by atoms with Crippen LogP contribution < -0.4 is 10.2 Å². The van der Waals surface area contributed by atoms with Crippen LogP contribution in [0, 0.1) is 19.8 Å². The molecule has 1 aliphatic heterocycles. The van der Waals surface area contributed by atoms with Crippen molar-refractivity contribution < 1.29 is 9.21 Å². The van der Waals surface area contributed by atoms with Gasteiger partial charge in [-0.3, -0.25) is 4.79 Å². The van der Waals surface area contributed by atoms with Crippen molar-refractivity contribution in [2.75, 3.05) is 24.5 Å².